The Labute approximate surface area is 540 Å². The zero-order valence-corrected chi connectivity index (χ0v) is 57.2. The van der Waals surface area contributed by atoms with Gasteiger partial charge in [-0.1, -0.05) is 280 Å². The molecule has 0 N–H and O–H groups in total. The summed E-state index contributed by atoms with van der Waals surface area (Å²) >= 11 is 0. The highest BCUT2D eigenvalue weighted by molar-refractivity contribution is 7.45. The molecule has 0 amide bonds. The van der Waals surface area contributed by atoms with Crippen molar-refractivity contribution >= 4 is 19.8 Å². The van der Waals surface area contributed by atoms with E-state index in [1.54, 1.807) is 0 Å². The number of carbonyl (C=O) groups excluding carboxylic acids is 2. The van der Waals surface area contributed by atoms with E-state index in [0.717, 1.165) is 135 Å². The van der Waals surface area contributed by atoms with Crippen LogP contribution in [-0.2, 0) is 32.7 Å². The largest absolute Gasteiger partial charge is 0.756 e. The third-order valence-corrected chi connectivity index (χ3v) is 14.9. The van der Waals surface area contributed by atoms with Crippen LogP contribution in [0.2, 0.25) is 0 Å². The van der Waals surface area contributed by atoms with Gasteiger partial charge in [0.05, 0.1) is 27.7 Å². The molecule has 496 valence electrons. The van der Waals surface area contributed by atoms with Crippen molar-refractivity contribution in [1.29, 1.82) is 0 Å². The van der Waals surface area contributed by atoms with Gasteiger partial charge in [-0.15, -0.1) is 0 Å². The normalized spacial score (nSPS) is 14.3. The fourth-order valence-corrected chi connectivity index (χ4v) is 9.44. The molecule has 2 atom stereocenters. The second kappa shape index (κ2) is 66.5. The predicted octanol–water partition coefficient (Wildman–Crippen LogP) is 22.1. The molecule has 0 saturated carbocycles. The van der Waals surface area contributed by atoms with E-state index < -0.39 is 32.5 Å². The van der Waals surface area contributed by atoms with Gasteiger partial charge in [0.15, 0.2) is 6.10 Å². The first-order chi connectivity index (χ1) is 43.0. The highest BCUT2D eigenvalue weighted by Crippen LogP contribution is 2.38. The Morgan fingerprint density at radius 3 is 0.920 bits per heavy atom. The SMILES string of the molecule is CC/C=C\C/C=C\C/C=C\C/C=C\C/C=C\C/C=C\C/C=C\C/C=C\CCCCCCCCCCCCCCCCC(=O)OC(COC(=O)CCCCC/C=C\C/C=C\C/C=C\C/C=C\C/C=C\C/C=C\C/C=C\CC)COP(=O)([O-])OCC[N+](C)(C)C. The monoisotopic (exact) mass is 1240 g/mol. The Morgan fingerprint density at radius 2 is 0.614 bits per heavy atom. The zero-order valence-electron chi connectivity index (χ0n) is 56.3. The first-order valence-electron chi connectivity index (χ1n) is 34.5. The number of carbonyl (C=O) groups is 2. The number of nitrogens with zero attached hydrogens (tertiary/aromatic N) is 1. The lowest BCUT2D eigenvalue weighted by Gasteiger charge is -2.28. The van der Waals surface area contributed by atoms with E-state index >= 15 is 0 Å². The number of unbranched alkanes of at least 4 members (excludes halogenated alkanes) is 17. The summed E-state index contributed by atoms with van der Waals surface area (Å²) in [6, 6.07) is 0. The maximum Gasteiger partial charge on any atom is 0.306 e. The number of ether oxygens (including phenoxy) is 2. The minimum Gasteiger partial charge on any atom is -0.756 e. The highest BCUT2D eigenvalue weighted by atomic mass is 31.2. The number of esters is 2. The summed E-state index contributed by atoms with van der Waals surface area (Å²) in [6.07, 6.45) is 103. The van der Waals surface area contributed by atoms with Crippen LogP contribution < -0.4 is 4.89 Å². The molecule has 0 aliphatic carbocycles. The van der Waals surface area contributed by atoms with Crippen molar-refractivity contribution in [1.82, 2.24) is 0 Å². The topological polar surface area (TPSA) is 111 Å². The number of hydrogen-bond donors (Lipinski definition) is 0. The van der Waals surface area contributed by atoms with Crippen LogP contribution in [0.5, 0.6) is 0 Å². The molecule has 9 nitrogen and oxygen atoms in total. The molecule has 0 fully saturated rings. The summed E-state index contributed by atoms with van der Waals surface area (Å²) in [5.41, 5.74) is 0. The summed E-state index contributed by atoms with van der Waals surface area (Å²) in [7, 11) is 1.12. The first kappa shape index (κ1) is 83.1. The lowest BCUT2D eigenvalue weighted by Crippen LogP contribution is -2.37. The Balaban J connectivity index is 4.14. The van der Waals surface area contributed by atoms with Crippen LogP contribution in [0.4, 0.5) is 0 Å². The van der Waals surface area contributed by atoms with E-state index in [0.29, 0.717) is 23.9 Å². The van der Waals surface area contributed by atoms with Crippen molar-refractivity contribution in [3.63, 3.8) is 0 Å². The van der Waals surface area contributed by atoms with Crippen LogP contribution in [-0.4, -0.2) is 70.0 Å². The smallest absolute Gasteiger partial charge is 0.306 e. The van der Waals surface area contributed by atoms with E-state index in [4.69, 9.17) is 18.5 Å². The van der Waals surface area contributed by atoms with Crippen LogP contribution in [0.15, 0.2) is 182 Å². The molecule has 0 bridgehead atoms. The lowest BCUT2D eigenvalue weighted by molar-refractivity contribution is -0.870. The Hall–Kier alpha value is -4.89. The average molecular weight is 1240 g/mol. The van der Waals surface area contributed by atoms with Gasteiger partial charge in [-0.2, -0.15) is 0 Å². The lowest BCUT2D eigenvalue weighted by atomic mass is 10.0. The van der Waals surface area contributed by atoms with E-state index in [9.17, 15) is 19.0 Å². The summed E-state index contributed by atoms with van der Waals surface area (Å²) in [4.78, 5) is 38.0. The molecule has 10 heteroatoms. The van der Waals surface area contributed by atoms with Crippen molar-refractivity contribution < 1.29 is 42.1 Å². The van der Waals surface area contributed by atoms with Crippen molar-refractivity contribution in [2.45, 2.75) is 251 Å². The Kier molecular flexibility index (Phi) is 62.8. The molecule has 88 heavy (non-hydrogen) atoms. The number of allylic oxidation sites excluding steroid dienone is 30. The number of likely N-dealkylation sites (N-methyl/N-ethyl adjacent to an activating group) is 1. The number of phosphoric ester groups is 1. The summed E-state index contributed by atoms with van der Waals surface area (Å²) in [5.74, 6) is -0.883. The second-order valence-corrected chi connectivity index (χ2v) is 24.8. The molecule has 0 aromatic rings. The third-order valence-electron chi connectivity index (χ3n) is 13.9. The van der Waals surface area contributed by atoms with Gasteiger partial charge < -0.3 is 27.9 Å². The summed E-state index contributed by atoms with van der Waals surface area (Å²) in [6.45, 7) is 3.96. The maximum atomic E-state index is 12.9. The van der Waals surface area contributed by atoms with Gasteiger partial charge >= 0.3 is 11.9 Å². The van der Waals surface area contributed by atoms with Gasteiger partial charge in [-0.05, 0) is 135 Å². The quantitative estimate of drug-likeness (QED) is 0.0195. The van der Waals surface area contributed by atoms with Crippen LogP contribution in [0.3, 0.4) is 0 Å². The van der Waals surface area contributed by atoms with E-state index in [1.165, 1.54) is 70.6 Å². The van der Waals surface area contributed by atoms with Crippen molar-refractivity contribution in [2.24, 2.45) is 0 Å². The van der Waals surface area contributed by atoms with Gasteiger partial charge in [-0.3, -0.25) is 14.2 Å². The predicted molar refractivity (Wildman–Crippen MR) is 378 cm³/mol. The Morgan fingerprint density at radius 1 is 0.352 bits per heavy atom. The Bertz CT molecular complexity index is 2140. The third kappa shape index (κ3) is 70.2. The molecule has 0 saturated heterocycles. The van der Waals surface area contributed by atoms with Crippen LogP contribution in [0, 0.1) is 0 Å². The van der Waals surface area contributed by atoms with Crippen molar-refractivity contribution in [3.05, 3.63) is 182 Å². The number of hydrogen-bond acceptors (Lipinski definition) is 8. The molecule has 0 heterocycles. The average Bonchev–Trinajstić information content (AvgIpc) is 3.68. The van der Waals surface area contributed by atoms with Gasteiger partial charge in [0.25, 0.3) is 7.82 Å². The molecule has 0 aliphatic heterocycles. The van der Waals surface area contributed by atoms with E-state index in [-0.39, 0.29) is 26.1 Å². The molecule has 0 aliphatic rings. The fraction of sp³-hybridized carbons (Fsp3) is 0.590. The number of phosphoric acid groups is 1. The van der Waals surface area contributed by atoms with Crippen LogP contribution in [0.25, 0.3) is 0 Å². The van der Waals surface area contributed by atoms with Gasteiger partial charge in [-0.25, -0.2) is 0 Å². The van der Waals surface area contributed by atoms with Crippen molar-refractivity contribution in [2.75, 3.05) is 47.5 Å². The number of rotatable bonds is 61. The van der Waals surface area contributed by atoms with Crippen LogP contribution >= 0.6 is 7.82 Å². The van der Waals surface area contributed by atoms with E-state index in [1.807, 2.05) is 21.1 Å². The standard InChI is InChI=1S/C78H126NO8P/c1-6-8-10-12-14-16-18-20-22-24-26-28-30-32-33-34-35-36-37-38-39-40-41-42-43-44-45-47-49-51-53-55-57-59-61-63-65-67-69-71-78(81)87-76(75-86-88(82,83)85-73-72-79(3,4)5)74-84-77(80)70-68-66-64-62-60-58-56-54-52-50-48-46-31-29-27-25-23-21-19-17-15-13-11-9-7-2/h8-11,14-17,20-23,26-29,32-33,35-36,38-39,41-42,46,48,52,54,58,60,76H,6-7,12-13,18-19,24-25,30-31,34,37,40,43-45,47,49-51,53,55-57,59,61-75H2,1-5H3/b10-8-,11-9-,16-14-,17-15-,22-20-,23-21-,28-26-,29-27-,33-32-,36-35-,39-38-,42-41-,48-46-,54-52-,60-58-. The summed E-state index contributed by atoms with van der Waals surface area (Å²) < 4.78 is 34.2. The second-order valence-electron chi connectivity index (χ2n) is 23.4. The van der Waals surface area contributed by atoms with Gasteiger partial charge in [0.1, 0.15) is 19.8 Å². The van der Waals surface area contributed by atoms with Crippen LogP contribution in [0.1, 0.15) is 245 Å². The van der Waals surface area contributed by atoms with Gasteiger partial charge in [0.2, 0.25) is 0 Å². The zero-order chi connectivity index (χ0) is 64.1. The molecule has 0 spiro atoms. The highest BCUT2D eigenvalue weighted by Gasteiger charge is 2.22. The molecule has 0 aromatic carbocycles. The molecular formula is C78H126NO8P. The minimum absolute atomic E-state index is 0.0458. The fourth-order valence-electron chi connectivity index (χ4n) is 8.71. The molecule has 0 rings (SSSR count). The number of quaternary nitrogens is 1. The first-order valence-corrected chi connectivity index (χ1v) is 36.0. The molecule has 0 radical (unpaired) electrons. The minimum atomic E-state index is -4.66. The van der Waals surface area contributed by atoms with Gasteiger partial charge in [0, 0.05) is 12.8 Å². The molecular weight excluding hydrogens is 1110 g/mol. The summed E-state index contributed by atoms with van der Waals surface area (Å²) in [5, 5.41) is 0. The molecule has 0 aromatic heterocycles. The molecule has 2 unspecified atom stereocenters. The van der Waals surface area contributed by atoms with E-state index in [2.05, 4.69) is 196 Å². The van der Waals surface area contributed by atoms with Crippen molar-refractivity contribution in [3.8, 4) is 0 Å². The maximum absolute atomic E-state index is 12.9.